The summed E-state index contributed by atoms with van der Waals surface area (Å²) in [6.45, 7) is 3.26. The standard InChI is InChI=1S/C18H22ClNO4/c1-11-2-3-13(10-14(11)19)17(21)20-8-6-12(7-9-20)15-4-5-16(24-15)18(22)23/h2-3,10,12,15-16H,4-9H2,1H3,(H,22,23)/t15-,16+/m0/s1. The molecular weight excluding hydrogens is 330 g/mol. The number of hydrogen-bond donors (Lipinski definition) is 1. The van der Waals surface area contributed by atoms with Gasteiger partial charge in [0.15, 0.2) is 6.10 Å². The Balaban J connectivity index is 1.56. The zero-order valence-corrected chi connectivity index (χ0v) is 14.5. The van der Waals surface area contributed by atoms with Gasteiger partial charge in [-0.05, 0) is 56.2 Å². The summed E-state index contributed by atoms with van der Waals surface area (Å²) in [6.07, 6.45) is 2.43. The predicted octanol–water partition coefficient (Wildman–Crippen LogP) is 3.13. The summed E-state index contributed by atoms with van der Waals surface area (Å²) in [6, 6.07) is 5.40. The lowest BCUT2D eigenvalue weighted by atomic mass is 9.89. The average Bonchev–Trinajstić information content (AvgIpc) is 3.07. The van der Waals surface area contributed by atoms with E-state index in [9.17, 15) is 9.59 Å². The highest BCUT2D eigenvalue weighted by molar-refractivity contribution is 6.31. The van der Waals surface area contributed by atoms with Crippen molar-refractivity contribution in [2.75, 3.05) is 13.1 Å². The van der Waals surface area contributed by atoms with Gasteiger partial charge >= 0.3 is 5.97 Å². The van der Waals surface area contributed by atoms with E-state index in [-0.39, 0.29) is 12.0 Å². The Morgan fingerprint density at radius 1 is 1.21 bits per heavy atom. The van der Waals surface area contributed by atoms with Crippen molar-refractivity contribution >= 4 is 23.5 Å². The summed E-state index contributed by atoms with van der Waals surface area (Å²) < 4.78 is 5.65. The molecule has 0 saturated carbocycles. The third-order valence-corrected chi connectivity index (χ3v) is 5.51. The first-order chi connectivity index (χ1) is 11.5. The molecule has 0 radical (unpaired) electrons. The summed E-state index contributed by atoms with van der Waals surface area (Å²) >= 11 is 6.11. The van der Waals surface area contributed by atoms with Crippen LogP contribution in [0.1, 0.15) is 41.6 Å². The Morgan fingerprint density at radius 3 is 2.50 bits per heavy atom. The number of piperidine rings is 1. The Hall–Kier alpha value is -1.59. The van der Waals surface area contributed by atoms with Crippen LogP contribution >= 0.6 is 11.6 Å². The van der Waals surface area contributed by atoms with E-state index >= 15 is 0 Å². The van der Waals surface area contributed by atoms with Gasteiger partial charge in [-0.3, -0.25) is 4.79 Å². The maximum absolute atomic E-state index is 12.6. The van der Waals surface area contributed by atoms with Gasteiger partial charge in [-0.2, -0.15) is 0 Å². The van der Waals surface area contributed by atoms with Crippen LogP contribution in [-0.4, -0.2) is 47.2 Å². The molecule has 1 aromatic rings. The van der Waals surface area contributed by atoms with E-state index in [1.54, 1.807) is 6.07 Å². The molecule has 2 aliphatic rings. The molecule has 2 atom stereocenters. The van der Waals surface area contributed by atoms with E-state index in [1.807, 2.05) is 24.0 Å². The number of halogens is 1. The van der Waals surface area contributed by atoms with Gasteiger partial charge in [0.05, 0.1) is 6.10 Å². The largest absolute Gasteiger partial charge is 0.479 e. The second kappa shape index (κ2) is 7.11. The van der Waals surface area contributed by atoms with Gasteiger partial charge in [-0.15, -0.1) is 0 Å². The van der Waals surface area contributed by atoms with Gasteiger partial charge in [0.1, 0.15) is 0 Å². The van der Waals surface area contributed by atoms with E-state index < -0.39 is 12.1 Å². The number of carbonyl (C=O) groups is 2. The number of benzene rings is 1. The molecule has 3 rings (SSSR count). The topological polar surface area (TPSA) is 66.8 Å². The lowest BCUT2D eigenvalue weighted by Crippen LogP contribution is -2.41. The van der Waals surface area contributed by atoms with Crippen molar-refractivity contribution in [3.8, 4) is 0 Å². The number of aryl methyl sites for hydroxylation is 1. The molecule has 2 saturated heterocycles. The number of likely N-dealkylation sites (tertiary alicyclic amines) is 1. The van der Waals surface area contributed by atoms with Crippen LogP contribution in [0.3, 0.4) is 0 Å². The first-order valence-corrected chi connectivity index (χ1v) is 8.77. The summed E-state index contributed by atoms with van der Waals surface area (Å²) in [5, 5.41) is 9.63. The molecule has 2 aliphatic heterocycles. The molecule has 5 nitrogen and oxygen atoms in total. The minimum absolute atomic E-state index is 0.00565. The minimum atomic E-state index is -0.874. The summed E-state index contributed by atoms with van der Waals surface area (Å²) in [7, 11) is 0. The van der Waals surface area contributed by atoms with Crippen molar-refractivity contribution in [3.05, 3.63) is 34.3 Å². The number of carboxylic acid groups (broad SMARTS) is 1. The van der Waals surface area contributed by atoms with Crippen LogP contribution in [0.2, 0.25) is 5.02 Å². The maximum Gasteiger partial charge on any atom is 0.332 e. The van der Waals surface area contributed by atoms with Crippen molar-refractivity contribution in [1.29, 1.82) is 0 Å². The molecule has 130 valence electrons. The Morgan fingerprint density at radius 2 is 1.92 bits per heavy atom. The van der Waals surface area contributed by atoms with Crippen molar-refractivity contribution in [3.63, 3.8) is 0 Å². The van der Waals surface area contributed by atoms with Gasteiger partial charge in [-0.25, -0.2) is 4.79 Å². The van der Waals surface area contributed by atoms with Gasteiger partial charge in [-0.1, -0.05) is 17.7 Å². The maximum atomic E-state index is 12.6. The highest BCUT2D eigenvalue weighted by Crippen LogP contribution is 2.32. The van der Waals surface area contributed by atoms with Crippen molar-refractivity contribution in [2.24, 2.45) is 5.92 Å². The third kappa shape index (κ3) is 3.57. The van der Waals surface area contributed by atoms with Gasteiger partial charge in [0.2, 0.25) is 0 Å². The normalized spacial score (nSPS) is 25.0. The number of rotatable bonds is 3. The fourth-order valence-corrected chi connectivity index (χ4v) is 3.75. The molecular formula is C18H22ClNO4. The number of aliphatic carboxylic acids is 1. The second-order valence-corrected chi connectivity index (χ2v) is 7.08. The van der Waals surface area contributed by atoms with Crippen LogP contribution in [0, 0.1) is 12.8 Å². The van der Waals surface area contributed by atoms with E-state index in [0.717, 1.165) is 24.8 Å². The molecule has 1 aromatic carbocycles. The fraction of sp³-hybridized carbons (Fsp3) is 0.556. The van der Waals surface area contributed by atoms with E-state index in [0.29, 0.717) is 36.0 Å². The molecule has 2 heterocycles. The molecule has 0 bridgehead atoms. The highest BCUT2D eigenvalue weighted by Gasteiger charge is 2.37. The number of nitrogens with zero attached hydrogens (tertiary/aromatic N) is 1. The number of carboxylic acids is 1. The van der Waals surface area contributed by atoms with Gasteiger partial charge in [0.25, 0.3) is 5.91 Å². The van der Waals surface area contributed by atoms with Crippen molar-refractivity contribution < 1.29 is 19.4 Å². The monoisotopic (exact) mass is 351 g/mol. The number of ether oxygens (including phenoxy) is 1. The zero-order chi connectivity index (χ0) is 17.3. The van der Waals surface area contributed by atoms with Gasteiger partial charge < -0.3 is 14.7 Å². The molecule has 1 N–H and O–H groups in total. The molecule has 1 amide bonds. The number of amides is 1. The second-order valence-electron chi connectivity index (χ2n) is 6.67. The molecule has 0 spiro atoms. The smallest absolute Gasteiger partial charge is 0.332 e. The first kappa shape index (κ1) is 17.2. The van der Waals surface area contributed by atoms with Crippen LogP contribution in [0.4, 0.5) is 0 Å². The molecule has 6 heteroatoms. The number of carbonyl (C=O) groups excluding carboxylic acids is 1. The highest BCUT2D eigenvalue weighted by atomic mass is 35.5. The van der Waals surface area contributed by atoms with E-state index in [2.05, 4.69) is 0 Å². The van der Waals surface area contributed by atoms with E-state index in [1.165, 1.54) is 0 Å². The summed E-state index contributed by atoms with van der Waals surface area (Å²) in [5.74, 6) is -0.535. The summed E-state index contributed by atoms with van der Waals surface area (Å²) in [4.78, 5) is 25.4. The van der Waals surface area contributed by atoms with Gasteiger partial charge in [0, 0.05) is 23.7 Å². The lowest BCUT2D eigenvalue weighted by molar-refractivity contribution is -0.150. The quantitative estimate of drug-likeness (QED) is 0.908. The first-order valence-electron chi connectivity index (χ1n) is 8.39. The SMILES string of the molecule is Cc1ccc(C(=O)N2CCC([C@@H]3CC[C@H](C(=O)O)O3)CC2)cc1Cl. The van der Waals surface area contributed by atoms with Crippen LogP contribution in [0.25, 0.3) is 0 Å². The Labute approximate surface area is 146 Å². The molecule has 2 fully saturated rings. The Kier molecular flexibility index (Phi) is 5.11. The molecule has 24 heavy (non-hydrogen) atoms. The Bertz CT molecular complexity index is 640. The van der Waals surface area contributed by atoms with Crippen molar-refractivity contribution in [1.82, 2.24) is 4.90 Å². The van der Waals surface area contributed by atoms with Crippen LogP contribution in [0.15, 0.2) is 18.2 Å². The fourth-order valence-electron chi connectivity index (χ4n) is 3.57. The predicted molar refractivity (Wildman–Crippen MR) is 90.3 cm³/mol. The summed E-state index contributed by atoms with van der Waals surface area (Å²) in [5.41, 5.74) is 1.57. The molecule has 0 aliphatic carbocycles. The van der Waals surface area contributed by atoms with E-state index in [4.69, 9.17) is 21.4 Å². The van der Waals surface area contributed by atoms with Crippen LogP contribution < -0.4 is 0 Å². The zero-order valence-electron chi connectivity index (χ0n) is 13.7. The molecule has 0 aromatic heterocycles. The average molecular weight is 352 g/mol. The third-order valence-electron chi connectivity index (χ3n) is 5.10. The number of hydrogen-bond acceptors (Lipinski definition) is 3. The van der Waals surface area contributed by atoms with Crippen molar-refractivity contribution in [2.45, 2.75) is 44.8 Å². The van der Waals surface area contributed by atoms with Crippen LogP contribution in [-0.2, 0) is 9.53 Å². The minimum Gasteiger partial charge on any atom is -0.479 e. The molecule has 0 unspecified atom stereocenters. The lowest BCUT2D eigenvalue weighted by Gasteiger charge is -2.34. The van der Waals surface area contributed by atoms with Crippen LogP contribution in [0.5, 0.6) is 0 Å².